The summed E-state index contributed by atoms with van der Waals surface area (Å²) in [5, 5.41) is 2.98. The number of benzene rings is 1. The highest BCUT2D eigenvalue weighted by Crippen LogP contribution is 2.22. The second kappa shape index (κ2) is 11.9. The summed E-state index contributed by atoms with van der Waals surface area (Å²) in [6, 6.07) is 8.83. The molecule has 6 nitrogen and oxygen atoms in total. The lowest BCUT2D eigenvalue weighted by molar-refractivity contribution is -0.130. The van der Waals surface area contributed by atoms with Crippen molar-refractivity contribution in [3.05, 3.63) is 35.4 Å². The maximum absolute atomic E-state index is 12.2. The Morgan fingerprint density at radius 3 is 2.33 bits per heavy atom. The molecule has 166 valence electrons. The van der Waals surface area contributed by atoms with Gasteiger partial charge in [-0.2, -0.15) is 0 Å². The van der Waals surface area contributed by atoms with Crippen molar-refractivity contribution in [3.8, 4) is 0 Å². The number of hydrogen-bond donors (Lipinski definition) is 1. The van der Waals surface area contributed by atoms with Gasteiger partial charge < -0.3 is 19.9 Å². The Kier molecular flexibility index (Phi) is 9.00. The van der Waals surface area contributed by atoms with E-state index < -0.39 is 0 Å². The van der Waals surface area contributed by atoms with Crippen molar-refractivity contribution in [2.75, 3.05) is 46.4 Å². The van der Waals surface area contributed by atoms with Gasteiger partial charge in [0.05, 0.1) is 0 Å². The summed E-state index contributed by atoms with van der Waals surface area (Å²) in [6.45, 7) is 4.88. The Labute approximate surface area is 180 Å². The molecule has 0 unspecified atom stereocenters. The smallest absolute Gasteiger partial charge is 0.317 e. The van der Waals surface area contributed by atoms with E-state index in [1.165, 1.54) is 11.1 Å². The average molecular weight is 416 g/mol. The molecular formula is C24H37N3O3. The van der Waals surface area contributed by atoms with E-state index in [9.17, 15) is 9.59 Å². The van der Waals surface area contributed by atoms with Crippen LogP contribution >= 0.6 is 0 Å². The first kappa shape index (κ1) is 22.6. The summed E-state index contributed by atoms with van der Waals surface area (Å²) in [4.78, 5) is 28.3. The van der Waals surface area contributed by atoms with Gasteiger partial charge in [-0.05, 0) is 62.0 Å². The highest BCUT2D eigenvalue weighted by atomic mass is 16.5. The third kappa shape index (κ3) is 7.01. The molecule has 3 rings (SSSR count). The molecule has 0 bridgehead atoms. The van der Waals surface area contributed by atoms with Crippen molar-refractivity contribution >= 4 is 11.9 Å². The highest BCUT2D eigenvalue weighted by Gasteiger charge is 2.23. The minimum Gasteiger partial charge on any atom is -0.385 e. The van der Waals surface area contributed by atoms with E-state index in [0.717, 1.165) is 71.1 Å². The van der Waals surface area contributed by atoms with Crippen LogP contribution in [0.1, 0.15) is 49.7 Å². The number of amides is 3. The first-order chi connectivity index (χ1) is 14.7. The zero-order valence-electron chi connectivity index (χ0n) is 18.4. The predicted octanol–water partition coefficient (Wildman–Crippen LogP) is 3.24. The second-order valence-corrected chi connectivity index (χ2v) is 8.62. The number of rotatable bonds is 9. The Bertz CT molecular complexity index is 663. The fourth-order valence-corrected chi connectivity index (χ4v) is 4.42. The van der Waals surface area contributed by atoms with Crippen LogP contribution in [-0.2, 0) is 22.4 Å². The summed E-state index contributed by atoms with van der Waals surface area (Å²) in [7, 11) is 1.68. The van der Waals surface area contributed by atoms with Gasteiger partial charge >= 0.3 is 6.03 Å². The number of hydrogen-bond acceptors (Lipinski definition) is 3. The quantitative estimate of drug-likeness (QED) is 0.630. The number of nitrogens with zero attached hydrogens (tertiary/aromatic N) is 2. The number of methoxy groups -OCH3 is 1. The minimum absolute atomic E-state index is 0.0531. The van der Waals surface area contributed by atoms with Gasteiger partial charge in [0.2, 0.25) is 5.91 Å². The first-order valence-corrected chi connectivity index (χ1v) is 11.5. The van der Waals surface area contributed by atoms with E-state index in [1.807, 2.05) is 9.80 Å². The molecule has 30 heavy (non-hydrogen) atoms. The zero-order valence-corrected chi connectivity index (χ0v) is 18.4. The molecule has 1 N–H and O–H groups in total. The van der Waals surface area contributed by atoms with Gasteiger partial charge in [-0.3, -0.25) is 4.79 Å². The van der Waals surface area contributed by atoms with Crippen molar-refractivity contribution in [3.63, 3.8) is 0 Å². The summed E-state index contributed by atoms with van der Waals surface area (Å²) in [5.74, 6) is 0.927. The third-order valence-electron chi connectivity index (χ3n) is 6.34. The highest BCUT2D eigenvalue weighted by molar-refractivity contribution is 5.76. The number of carbonyl (C=O) groups is 2. The van der Waals surface area contributed by atoms with Crippen LogP contribution in [0.5, 0.6) is 0 Å². The topological polar surface area (TPSA) is 61.9 Å². The number of likely N-dealkylation sites (tertiary alicyclic amines) is 2. The van der Waals surface area contributed by atoms with E-state index in [4.69, 9.17) is 4.74 Å². The number of piperidine rings is 1. The van der Waals surface area contributed by atoms with E-state index in [2.05, 4.69) is 29.6 Å². The lowest BCUT2D eigenvalue weighted by Crippen LogP contribution is -2.45. The van der Waals surface area contributed by atoms with Gasteiger partial charge in [0.1, 0.15) is 0 Å². The molecule has 2 fully saturated rings. The molecule has 0 atom stereocenters. The number of urea groups is 1. The lowest BCUT2D eigenvalue weighted by Gasteiger charge is -2.32. The molecule has 2 aliphatic rings. The van der Waals surface area contributed by atoms with E-state index >= 15 is 0 Å². The van der Waals surface area contributed by atoms with Crippen molar-refractivity contribution in [2.45, 2.75) is 51.4 Å². The van der Waals surface area contributed by atoms with Gasteiger partial charge in [0.15, 0.2) is 0 Å². The number of ether oxygens (including phenoxy) is 1. The molecule has 0 saturated carbocycles. The van der Waals surface area contributed by atoms with Crippen molar-refractivity contribution < 1.29 is 14.3 Å². The van der Waals surface area contributed by atoms with E-state index in [0.29, 0.717) is 31.4 Å². The van der Waals surface area contributed by atoms with Crippen LogP contribution in [0, 0.1) is 5.92 Å². The lowest BCUT2D eigenvalue weighted by atomic mass is 9.90. The van der Waals surface area contributed by atoms with Gasteiger partial charge in [-0.25, -0.2) is 4.79 Å². The Morgan fingerprint density at radius 1 is 1.00 bits per heavy atom. The predicted molar refractivity (Wildman–Crippen MR) is 118 cm³/mol. The van der Waals surface area contributed by atoms with Gasteiger partial charge in [0, 0.05) is 52.9 Å². The van der Waals surface area contributed by atoms with Crippen LogP contribution in [0.4, 0.5) is 4.79 Å². The van der Waals surface area contributed by atoms with Gasteiger partial charge in [-0.1, -0.05) is 24.3 Å². The second-order valence-electron chi connectivity index (χ2n) is 8.62. The molecule has 1 aromatic carbocycles. The fourth-order valence-electron chi connectivity index (χ4n) is 4.42. The molecular weight excluding hydrogens is 378 g/mol. The normalized spacial score (nSPS) is 17.4. The monoisotopic (exact) mass is 415 g/mol. The fraction of sp³-hybridized carbons (Fsp3) is 0.667. The molecule has 6 heteroatoms. The molecule has 2 saturated heterocycles. The molecule has 1 aromatic rings. The van der Waals surface area contributed by atoms with Crippen LogP contribution < -0.4 is 5.32 Å². The molecule has 0 radical (unpaired) electrons. The van der Waals surface area contributed by atoms with Crippen molar-refractivity contribution in [1.82, 2.24) is 15.1 Å². The number of aryl methyl sites for hydroxylation is 1. The largest absolute Gasteiger partial charge is 0.385 e. The molecule has 3 amide bonds. The van der Waals surface area contributed by atoms with Crippen LogP contribution in [0.15, 0.2) is 24.3 Å². The number of carbonyl (C=O) groups excluding carboxylic acids is 2. The maximum Gasteiger partial charge on any atom is 0.317 e. The van der Waals surface area contributed by atoms with Crippen LogP contribution in [0.25, 0.3) is 0 Å². The van der Waals surface area contributed by atoms with Crippen LogP contribution in [0.3, 0.4) is 0 Å². The minimum atomic E-state index is 0.0531. The van der Waals surface area contributed by atoms with Crippen molar-refractivity contribution in [1.29, 1.82) is 0 Å². The first-order valence-electron chi connectivity index (χ1n) is 11.5. The summed E-state index contributed by atoms with van der Waals surface area (Å²) in [6.07, 6.45) is 7.77. The standard InChI is InChI=1S/C24H37N3O3/c1-30-18-4-13-25-24(29)27-16-11-22(12-17-27)19-21-7-5-20(6-8-21)9-10-23(28)26-14-2-3-15-26/h5-8,22H,2-4,9-19H2,1H3,(H,25,29). The van der Waals surface area contributed by atoms with Crippen molar-refractivity contribution in [2.24, 2.45) is 5.92 Å². The third-order valence-corrected chi connectivity index (χ3v) is 6.34. The van der Waals surface area contributed by atoms with Crippen LogP contribution in [-0.4, -0.2) is 68.2 Å². The van der Waals surface area contributed by atoms with E-state index in [-0.39, 0.29) is 6.03 Å². The maximum atomic E-state index is 12.2. The molecule has 2 heterocycles. The molecule has 0 spiro atoms. The summed E-state index contributed by atoms with van der Waals surface area (Å²) >= 11 is 0. The Morgan fingerprint density at radius 2 is 1.67 bits per heavy atom. The Balaban J connectivity index is 1.35. The SMILES string of the molecule is COCCCNC(=O)N1CCC(Cc2ccc(CCC(=O)N3CCCC3)cc2)CC1. The average Bonchev–Trinajstić information content (AvgIpc) is 3.31. The summed E-state index contributed by atoms with van der Waals surface area (Å²) < 4.78 is 5.01. The van der Waals surface area contributed by atoms with Crippen LogP contribution in [0.2, 0.25) is 0 Å². The molecule has 0 aromatic heterocycles. The summed E-state index contributed by atoms with van der Waals surface area (Å²) in [5.41, 5.74) is 2.60. The molecule has 0 aliphatic carbocycles. The Hall–Kier alpha value is -2.08. The van der Waals surface area contributed by atoms with Gasteiger partial charge in [0.25, 0.3) is 0 Å². The van der Waals surface area contributed by atoms with Gasteiger partial charge in [-0.15, -0.1) is 0 Å². The number of nitrogens with one attached hydrogen (secondary N) is 1. The molecule has 2 aliphatic heterocycles. The zero-order chi connectivity index (χ0) is 21.2. The van der Waals surface area contributed by atoms with E-state index in [1.54, 1.807) is 7.11 Å².